The first-order valence-corrected chi connectivity index (χ1v) is 6.12. The lowest BCUT2D eigenvalue weighted by Gasteiger charge is -2.34. The van der Waals surface area contributed by atoms with Crippen LogP contribution in [0.25, 0.3) is 0 Å². The summed E-state index contributed by atoms with van der Waals surface area (Å²) in [6, 6.07) is 0. The first-order chi connectivity index (χ1) is 12.8. The average molecular weight is 488 g/mol. The third-order valence-corrected chi connectivity index (χ3v) is 2.17. The van der Waals surface area contributed by atoms with Crippen molar-refractivity contribution in [2.75, 3.05) is 0 Å². The molecule has 30 heavy (non-hydrogen) atoms. The van der Waals surface area contributed by atoms with Crippen LogP contribution in [0.3, 0.4) is 0 Å². The van der Waals surface area contributed by atoms with E-state index in [0.29, 0.717) is 0 Å². The fraction of sp³-hybridized carbons (Fsp3) is 0.700. The molecular weight excluding hydrogens is 485 g/mol. The molecule has 0 saturated heterocycles. The molecule has 0 amide bonds. The normalized spacial score (nSPS) is 15.2. The topological polar surface area (TPSA) is 54.0 Å². The Hall–Kier alpha value is -1.96. The second-order valence-electron chi connectivity index (χ2n) is 4.48. The Morgan fingerprint density at radius 1 is 0.533 bits per heavy atom. The molecule has 0 heterocycles. The molecule has 0 aromatic rings. The first kappa shape index (κ1) is 28.0. The minimum Gasteiger partial charge on any atom is -0.391 e. The number of halogens is 15. The SMILES string of the molecule is C=CC(=O)OC(F)(F)C(F)(F)OC(F)(F)C(F)(F)OC(F)(F)C(F)(F)OC(F)(F)F. The Bertz CT molecular complexity index is 640. The minimum atomic E-state index is -7.43. The van der Waals surface area contributed by atoms with Gasteiger partial charge in [0, 0.05) is 6.08 Å². The number of hydrogen-bond donors (Lipinski definition) is 0. The van der Waals surface area contributed by atoms with Crippen molar-refractivity contribution in [3.8, 4) is 0 Å². The highest BCUT2D eigenvalue weighted by Crippen LogP contribution is 2.50. The molecule has 0 unspecified atom stereocenters. The molecule has 0 fully saturated rings. The van der Waals surface area contributed by atoms with Crippen LogP contribution < -0.4 is 0 Å². The van der Waals surface area contributed by atoms with Crippen LogP contribution in [0, 0.1) is 0 Å². The lowest BCUT2D eigenvalue weighted by molar-refractivity contribution is -0.574. The number of ether oxygens (including phenoxy) is 4. The standard InChI is InChI=1S/C10H3F15O5/c1-2-3(26)27-4(11,12)5(13,14)28-6(15,16)7(17,18)29-8(19,20)9(21,22)30-10(23,24)25/h2H,1H2. The van der Waals surface area contributed by atoms with Crippen molar-refractivity contribution < 1.29 is 89.6 Å². The van der Waals surface area contributed by atoms with Crippen molar-refractivity contribution >= 4 is 5.97 Å². The van der Waals surface area contributed by atoms with Crippen LogP contribution in [0.2, 0.25) is 0 Å². The van der Waals surface area contributed by atoms with Crippen molar-refractivity contribution in [3.05, 3.63) is 12.7 Å². The highest BCUT2D eigenvalue weighted by Gasteiger charge is 2.77. The van der Waals surface area contributed by atoms with E-state index in [1.165, 1.54) is 9.47 Å². The quantitative estimate of drug-likeness (QED) is 0.250. The van der Waals surface area contributed by atoms with Crippen molar-refractivity contribution in [3.63, 3.8) is 0 Å². The van der Waals surface area contributed by atoms with Gasteiger partial charge in [-0.25, -0.2) is 19.0 Å². The van der Waals surface area contributed by atoms with E-state index in [1.807, 2.05) is 0 Å². The van der Waals surface area contributed by atoms with E-state index in [-0.39, 0.29) is 6.08 Å². The van der Waals surface area contributed by atoms with E-state index in [0.717, 1.165) is 0 Å². The van der Waals surface area contributed by atoms with Crippen LogP contribution in [-0.2, 0) is 23.7 Å². The van der Waals surface area contributed by atoms with Crippen LogP contribution >= 0.6 is 0 Å². The van der Waals surface area contributed by atoms with Crippen molar-refractivity contribution in [2.45, 2.75) is 43.0 Å². The van der Waals surface area contributed by atoms with Gasteiger partial charge < -0.3 is 4.74 Å². The van der Waals surface area contributed by atoms with Gasteiger partial charge in [-0.3, -0.25) is 0 Å². The molecule has 0 aromatic heterocycles. The summed E-state index contributed by atoms with van der Waals surface area (Å²) in [7, 11) is 0. The predicted octanol–water partition coefficient (Wildman–Crippen LogP) is 4.84. The Balaban J connectivity index is 5.76. The highest BCUT2D eigenvalue weighted by atomic mass is 19.4. The Labute approximate surface area is 152 Å². The monoisotopic (exact) mass is 488 g/mol. The fourth-order valence-corrected chi connectivity index (χ4v) is 0.992. The molecule has 0 aliphatic carbocycles. The van der Waals surface area contributed by atoms with Crippen LogP contribution in [0.4, 0.5) is 65.9 Å². The Kier molecular flexibility index (Phi) is 7.43. The average Bonchev–Trinajstić information content (AvgIpc) is 2.41. The van der Waals surface area contributed by atoms with Crippen LogP contribution in [0.1, 0.15) is 0 Å². The van der Waals surface area contributed by atoms with Gasteiger partial charge in [0.15, 0.2) is 0 Å². The van der Waals surface area contributed by atoms with E-state index in [9.17, 15) is 70.7 Å². The Morgan fingerprint density at radius 2 is 0.800 bits per heavy atom. The Morgan fingerprint density at radius 3 is 1.07 bits per heavy atom. The van der Waals surface area contributed by atoms with Crippen LogP contribution in [0.15, 0.2) is 12.7 Å². The maximum Gasteiger partial charge on any atom is 0.527 e. The number of carbonyl (C=O) groups excluding carboxylic acids is 1. The second kappa shape index (κ2) is 7.94. The summed E-state index contributed by atoms with van der Waals surface area (Å²) in [5.41, 5.74) is 0. The van der Waals surface area contributed by atoms with Crippen molar-refractivity contribution in [2.24, 2.45) is 0 Å². The van der Waals surface area contributed by atoms with Gasteiger partial charge >= 0.3 is 49.0 Å². The van der Waals surface area contributed by atoms with Gasteiger partial charge in [0.25, 0.3) is 0 Å². The number of hydrogen-bond acceptors (Lipinski definition) is 5. The predicted molar refractivity (Wildman–Crippen MR) is 55.3 cm³/mol. The maximum absolute atomic E-state index is 13.0. The van der Waals surface area contributed by atoms with Crippen molar-refractivity contribution in [1.82, 2.24) is 0 Å². The molecule has 0 spiro atoms. The first-order valence-electron chi connectivity index (χ1n) is 6.12. The molecule has 0 radical (unpaired) electrons. The van der Waals surface area contributed by atoms with Gasteiger partial charge in [-0.1, -0.05) is 6.58 Å². The van der Waals surface area contributed by atoms with E-state index in [4.69, 9.17) is 0 Å². The molecule has 0 N–H and O–H groups in total. The van der Waals surface area contributed by atoms with Gasteiger partial charge in [0.1, 0.15) is 0 Å². The van der Waals surface area contributed by atoms with Crippen molar-refractivity contribution in [1.29, 1.82) is 0 Å². The summed E-state index contributed by atoms with van der Waals surface area (Å²) in [5.74, 6) is -2.47. The summed E-state index contributed by atoms with van der Waals surface area (Å²) in [6.07, 6.45) is -49.7. The molecule has 0 aromatic carbocycles. The summed E-state index contributed by atoms with van der Waals surface area (Å²) in [6.45, 7) is 2.40. The smallest absolute Gasteiger partial charge is 0.391 e. The molecular formula is C10H3F15O5. The lowest BCUT2D eigenvalue weighted by atomic mass is 10.5. The molecule has 0 aliphatic heterocycles. The van der Waals surface area contributed by atoms with Gasteiger partial charge in [-0.15, -0.1) is 13.2 Å². The molecule has 0 bridgehead atoms. The zero-order valence-electron chi connectivity index (χ0n) is 13.0. The number of carbonyl (C=O) groups is 1. The second-order valence-corrected chi connectivity index (χ2v) is 4.48. The molecule has 0 rings (SSSR count). The van der Waals surface area contributed by atoms with Gasteiger partial charge in [0.2, 0.25) is 0 Å². The van der Waals surface area contributed by atoms with Crippen LogP contribution in [-0.4, -0.2) is 49.0 Å². The third-order valence-electron chi connectivity index (χ3n) is 2.17. The fourth-order valence-electron chi connectivity index (χ4n) is 0.992. The molecule has 178 valence electrons. The van der Waals surface area contributed by atoms with Gasteiger partial charge in [-0.05, 0) is 0 Å². The highest BCUT2D eigenvalue weighted by molar-refractivity contribution is 5.81. The number of alkyl halides is 15. The summed E-state index contributed by atoms with van der Waals surface area (Å²) in [5, 5.41) is 0. The summed E-state index contributed by atoms with van der Waals surface area (Å²) < 4.78 is 196. The van der Waals surface area contributed by atoms with Gasteiger partial charge in [0.05, 0.1) is 0 Å². The van der Waals surface area contributed by atoms with E-state index in [2.05, 4.69) is 11.3 Å². The van der Waals surface area contributed by atoms with E-state index < -0.39 is 49.0 Å². The number of esters is 1. The molecule has 20 heteroatoms. The third kappa shape index (κ3) is 6.52. The lowest BCUT2D eigenvalue weighted by Crippen LogP contribution is -2.59. The maximum atomic E-state index is 13.0. The van der Waals surface area contributed by atoms with E-state index in [1.54, 1.807) is 4.74 Å². The summed E-state index contributed by atoms with van der Waals surface area (Å²) in [4.78, 5) is 10.4. The number of rotatable bonds is 10. The largest absolute Gasteiger partial charge is 0.527 e. The molecule has 0 atom stereocenters. The zero-order chi connectivity index (χ0) is 24.6. The molecule has 0 aliphatic rings. The molecule has 5 nitrogen and oxygen atoms in total. The molecule has 0 saturated carbocycles. The zero-order valence-corrected chi connectivity index (χ0v) is 13.0. The van der Waals surface area contributed by atoms with Crippen LogP contribution in [0.5, 0.6) is 0 Å². The minimum absolute atomic E-state index is 0.261. The summed E-state index contributed by atoms with van der Waals surface area (Å²) >= 11 is 0. The van der Waals surface area contributed by atoms with Gasteiger partial charge in [-0.2, -0.15) is 52.7 Å². The van der Waals surface area contributed by atoms with E-state index >= 15 is 0 Å².